The first-order valence-electron chi connectivity index (χ1n) is 13.1. The van der Waals surface area contributed by atoms with Crippen LogP contribution in [0.1, 0.15) is 79.1 Å². The van der Waals surface area contributed by atoms with Crippen molar-refractivity contribution in [2.24, 2.45) is 11.8 Å². The summed E-state index contributed by atoms with van der Waals surface area (Å²) in [4.78, 5) is 0. The Hall–Kier alpha value is -1.25. The molecule has 1 radical (unpaired) electrons. The van der Waals surface area contributed by atoms with Gasteiger partial charge in [-0.05, 0) is 36.8 Å². The second-order valence-corrected chi connectivity index (χ2v) is 11.6. The number of unbranched alkanes of at least 4 members (excludes halogenated alkanes) is 2. The lowest BCUT2D eigenvalue weighted by molar-refractivity contribution is 0.235. The van der Waals surface area contributed by atoms with Crippen molar-refractivity contribution in [3.8, 4) is 11.5 Å². The van der Waals surface area contributed by atoms with Crippen LogP contribution in [0.25, 0.3) is 20.2 Å². The minimum Gasteiger partial charge on any atom is -0.491 e. The molecule has 35 heavy (non-hydrogen) atoms. The van der Waals surface area contributed by atoms with Gasteiger partial charge in [0, 0.05) is 20.3 Å². The van der Waals surface area contributed by atoms with Gasteiger partial charge in [-0.25, -0.2) is 0 Å². The molecule has 191 valence electrons. The molecule has 0 aliphatic rings. The van der Waals surface area contributed by atoms with E-state index in [1.54, 1.807) is 0 Å². The van der Waals surface area contributed by atoms with Gasteiger partial charge in [0.2, 0.25) is 0 Å². The summed E-state index contributed by atoms with van der Waals surface area (Å²) in [5.41, 5.74) is 0. The van der Waals surface area contributed by atoms with E-state index in [1.165, 1.54) is 35.5 Å². The van der Waals surface area contributed by atoms with Crippen molar-refractivity contribution in [1.29, 1.82) is 0 Å². The molecule has 0 saturated carbocycles. The van der Waals surface area contributed by atoms with Crippen molar-refractivity contribution in [1.82, 2.24) is 0 Å². The second kappa shape index (κ2) is 13.9. The molecule has 3 rings (SSSR count). The summed E-state index contributed by atoms with van der Waals surface area (Å²) in [6.45, 7) is 10.0. The Balaban J connectivity index is 2.07. The van der Waals surface area contributed by atoms with Crippen molar-refractivity contribution in [2.75, 3.05) is 13.2 Å². The molecule has 5 nitrogen and oxygen atoms in total. The average Bonchev–Trinajstić information content (AvgIpc) is 3.49. The van der Waals surface area contributed by atoms with E-state index < -0.39 is 7.12 Å². The smallest absolute Gasteiger partial charge is 0.491 e. The summed E-state index contributed by atoms with van der Waals surface area (Å²) in [7, 11) is -0.421. The maximum atomic E-state index is 9.93. The number of fused-ring (bicyclic) bond motifs is 2. The summed E-state index contributed by atoms with van der Waals surface area (Å²) in [5, 5.41) is 31.4. The largest absolute Gasteiger partial charge is 0.499 e. The van der Waals surface area contributed by atoms with E-state index in [1.807, 2.05) is 12.1 Å². The number of hydrogen-bond donors (Lipinski definition) is 3. The molecule has 0 saturated heterocycles. The fourth-order valence-electron chi connectivity index (χ4n) is 4.42. The topological polar surface area (TPSA) is 79.2 Å². The first-order valence-corrected chi connectivity index (χ1v) is 14.7. The third-order valence-corrected chi connectivity index (χ3v) is 9.04. The van der Waals surface area contributed by atoms with Crippen LogP contribution in [0.3, 0.4) is 0 Å². The summed E-state index contributed by atoms with van der Waals surface area (Å²) < 4.78 is 16.0. The Morgan fingerprint density at radius 2 is 1.34 bits per heavy atom. The predicted octanol–water partition coefficient (Wildman–Crippen LogP) is 5.22. The highest BCUT2D eigenvalue weighted by molar-refractivity contribution is 7.29. The first kappa shape index (κ1) is 28.3. The van der Waals surface area contributed by atoms with Gasteiger partial charge in [0.25, 0.3) is 0 Å². The number of thiophene rings is 2. The fourth-order valence-corrected chi connectivity index (χ4v) is 6.44. The van der Waals surface area contributed by atoms with Crippen molar-refractivity contribution in [3.63, 3.8) is 0 Å². The number of rotatable bonds is 16. The van der Waals surface area contributed by atoms with E-state index in [-0.39, 0.29) is 0 Å². The molecule has 2 aromatic heterocycles. The summed E-state index contributed by atoms with van der Waals surface area (Å²) in [5.74, 6) is 2.42. The van der Waals surface area contributed by atoms with Gasteiger partial charge in [0.15, 0.2) is 0 Å². The highest BCUT2D eigenvalue weighted by Gasteiger charge is 2.25. The van der Waals surface area contributed by atoms with Gasteiger partial charge in [-0.2, -0.15) is 0 Å². The van der Waals surface area contributed by atoms with Crippen molar-refractivity contribution >= 4 is 67.0 Å². The Kier molecular flexibility index (Phi) is 11.2. The van der Waals surface area contributed by atoms with Crippen molar-refractivity contribution in [2.45, 2.75) is 79.1 Å². The van der Waals surface area contributed by atoms with Crippen LogP contribution in [0.4, 0.5) is 0 Å². The van der Waals surface area contributed by atoms with E-state index in [2.05, 4.69) is 27.7 Å². The third kappa shape index (κ3) is 6.95. The third-order valence-electron chi connectivity index (χ3n) is 6.80. The van der Waals surface area contributed by atoms with E-state index in [4.69, 9.17) is 9.47 Å². The quantitative estimate of drug-likeness (QED) is 0.227. The Bertz CT molecular complexity index is 990. The van der Waals surface area contributed by atoms with Gasteiger partial charge in [0.1, 0.15) is 11.5 Å². The van der Waals surface area contributed by atoms with Crippen LogP contribution in [-0.2, 0) is 0 Å². The molecule has 2 heterocycles. The average molecular weight is 517 g/mol. The van der Waals surface area contributed by atoms with Gasteiger partial charge in [-0.15, -0.1) is 22.7 Å². The zero-order valence-corrected chi connectivity index (χ0v) is 23.1. The lowest BCUT2D eigenvalue weighted by Crippen LogP contribution is -2.26. The minimum atomic E-state index is -1.55. The molecule has 2 atom stereocenters. The number of benzene rings is 1. The zero-order chi connectivity index (χ0) is 25.4. The molecule has 0 aliphatic heterocycles. The van der Waals surface area contributed by atoms with E-state index in [0.717, 1.165) is 82.5 Å². The molecule has 1 aromatic carbocycles. The van der Waals surface area contributed by atoms with Gasteiger partial charge in [-0.1, -0.05) is 66.2 Å². The maximum Gasteiger partial charge on any atom is 0.499 e. The second-order valence-electron chi connectivity index (χ2n) is 9.40. The van der Waals surface area contributed by atoms with Crippen LogP contribution in [0.5, 0.6) is 11.5 Å². The molecular formula is C26H39B2O5S2. The predicted molar refractivity (Wildman–Crippen MR) is 152 cm³/mol. The molecule has 0 spiro atoms. The zero-order valence-electron chi connectivity index (χ0n) is 21.5. The molecule has 0 fully saturated rings. The van der Waals surface area contributed by atoms with Crippen LogP contribution >= 0.6 is 22.7 Å². The summed E-state index contributed by atoms with van der Waals surface area (Å²) >= 11 is 2.81. The SMILES string of the molecule is CCCCC(CC)COc1c2cc(B(O)O)sc2c(OCC(CC)CCCC)c2cc([B]O)sc12. The molecule has 0 aliphatic carbocycles. The van der Waals surface area contributed by atoms with Gasteiger partial charge < -0.3 is 24.5 Å². The van der Waals surface area contributed by atoms with E-state index in [0.29, 0.717) is 29.8 Å². The highest BCUT2D eigenvalue weighted by Crippen LogP contribution is 2.47. The highest BCUT2D eigenvalue weighted by atomic mass is 32.1. The molecule has 0 bridgehead atoms. The molecule has 2 unspecified atom stereocenters. The molecule has 9 heteroatoms. The van der Waals surface area contributed by atoms with Crippen LogP contribution in [0.2, 0.25) is 0 Å². The number of ether oxygens (including phenoxy) is 2. The van der Waals surface area contributed by atoms with Crippen molar-refractivity contribution in [3.05, 3.63) is 12.1 Å². The van der Waals surface area contributed by atoms with Crippen LogP contribution in [0, 0.1) is 11.8 Å². The number of hydrogen-bond acceptors (Lipinski definition) is 7. The Labute approximate surface area is 218 Å². The van der Waals surface area contributed by atoms with Crippen LogP contribution < -0.4 is 19.0 Å². The molecular weight excluding hydrogens is 478 g/mol. The van der Waals surface area contributed by atoms with Gasteiger partial charge in [0.05, 0.1) is 22.6 Å². The Morgan fingerprint density at radius 1 is 0.829 bits per heavy atom. The Morgan fingerprint density at radius 3 is 1.80 bits per heavy atom. The first-order chi connectivity index (χ1) is 17.0. The minimum absolute atomic E-state index is 0.463. The van der Waals surface area contributed by atoms with Gasteiger partial charge >= 0.3 is 14.6 Å². The van der Waals surface area contributed by atoms with Crippen molar-refractivity contribution < 1.29 is 24.5 Å². The van der Waals surface area contributed by atoms with Gasteiger partial charge in [-0.3, -0.25) is 0 Å². The summed E-state index contributed by atoms with van der Waals surface area (Å²) in [6, 6.07) is 3.76. The maximum absolute atomic E-state index is 9.93. The van der Waals surface area contributed by atoms with E-state index >= 15 is 0 Å². The molecule has 3 aromatic rings. The van der Waals surface area contributed by atoms with E-state index in [9.17, 15) is 15.1 Å². The van der Waals surface area contributed by atoms with Crippen LogP contribution in [-0.4, -0.2) is 42.9 Å². The molecule has 3 N–H and O–H groups in total. The lowest BCUT2D eigenvalue weighted by atomic mass is 9.89. The standard InChI is InChI=1S/C26H39B2O5S2/c1-5-9-11-17(7-3)15-32-23-19-13-21(27-29)34-25(19)24(33-16-18(8-4)12-10-6-2)20-14-22(28(30)31)35-26(20)23/h13-14,17-18,29-31H,5-12,15-16H2,1-4H3. The normalized spacial score (nSPS) is 13.3. The summed E-state index contributed by atoms with van der Waals surface area (Å²) in [6.07, 6.45) is 9.04. The van der Waals surface area contributed by atoms with Crippen LogP contribution in [0.15, 0.2) is 12.1 Å². The molecule has 0 amide bonds. The fraction of sp³-hybridized carbons (Fsp3) is 0.615. The lowest BCUT2D eigenvalue weighted by Gasteiger charge is -2.19. The monoisotopic (exact) mass is 517 g/mol.